The van der Waals surface area contributed by atoms with Crippen molar-refractivity contribution in [2.75, 3.05) is 6.61 Å². The fraction of sp³-hybridized carbons (Fsp3) is 0.500. The number of esters is 2. The maximum atomic E-state index is 11.8. The molecule has 134 valence electrons. The molecule has 8 heteroatoms. The summed E-state index contributed by atoms with van der Waals surface area (Å²) in [6, 6.07) is 1.32. The summed E-state index contributed by atoms with van der Waals surface area (Å²) >= 11 is 23.5. The smallest absolute Gasteiger partial charge is 0.311 e. The van der Waals surface area contributed by atoms with Crippen molar-refractivity contribution in [1.29, 1.82) is 0 Å². The zero-order chi connectivity index (χ0) is 18.1. The van der Waals surface area contributed by atoms with E-state index in [0.29, 0.717) is 13.0 Å². The molecule has 0 saturated carbocycles. The highest BCUT2D eigenvalue weighted by atomic mass is 35.5. The molecule has 0 unspecified atom stereocenters. The van der Waals surface area contributed by atoms with E-state index in [9.17, 15) is 9.59 Å². The lowest BCUT2D eigenvalue weighted by molar-refractivity contribution is -0.144. The van der Waals surface area contributed by atoms with E-state index in [2.05, 4.69) is 6.92 Å². The maximum Gasteiger partial charge on any atom is 0.311 e. The second-order valence-corrected chi connectivity index (χ2v) is 6.59. The number of carbonyl (C=O) groups excluding carboxylic acids is 2. The molecule has 1 aromatic rings. The molecule has 0 aliphatic heterocycles. The number of ether oxygens (including phenoxy) is 2. The van der Waals surface area contributed by atoms with Gasteiger partial charge < -0.3 is 9.47 Å². The maximum absolute atomic E-state index is 11.8. The summed E-state index contributed by atoms with van der Waals surface area (Å²) in [5.74, 6) is -0.845. The Morgan fingerprint density at radius 1 is 0.917 bits per heavy atom. The first-order chi connectivity index (χ1) is 11.4. The van der Waals surface area contributed by atoms with Crippen LogP contribution in [-0.2, 0) is 14.3 Å². The van der Waals surface area contributed by atoms with Crippen LogP contribution in [0.15, 0.2) is 6.07 Å². The third kappa shape index (κ3) is 7.06. The highest BCUT2D eigenvalue weighted by Gasteiger charge is 2.17. The van der Waals surface area contributed by atoms with Crippen molar-refractivity contribution >= 4 is 58.3 Å². The van der Waals surface area contributed by atoms with Gasteiger partial charge in [0, 0.05) is 18.9 Å². The number of carbonyl (C=O) groups is 2. The van der Waals surface area contributed by atoms with Gasteiger partial charge in [-0.05, 0) is 12.8 Å². The van der Waals surface area contributed by atoms with Crippen molar-refractivity contribution in [2.45, 2.75) is 45.4 Å². The van der Waals surface area contributed by atoms with E-state index < -0.39 is 5.97 Å². The Hall–Kier alpha value is -0.680. The van der Waals surface area contributed by atoms with E-state index in [4.69, 9.17) is 55.9 Å². The average molecular weight is 416 g/mol. The second kappa shape index (κ2) is 11.0. The molecule has 0 heterocycles. The van der Waals surface area contributed by atoms with Gasteiger partial charge in [0.25, 0.3) is 0 Å². The normalized spacial score (nSPS) is 10.5. The highest BCUT2D eigenvalue weighted by Crippen LogP contribution is 2.42. The minimum atomic E-state index is -0.551. The summed E-state index contributed by atoms with van der Waals surface area (Å²) in [7, 11) is 0. The van der Waals surface area contributed by atoms with Crippen LogP contribution in [-0.4, -0.2) is 18.5 Å². The molecule has 1 rings (SSSR count). The summed E-state index contributed by atoms with van der Waals surface area (Å²) in [6.07, 6.45) is 3.44. The van der Waals surface area contributed by atoms with Crippen molar-refractivity contribution in [1.82, 2.24) is 0 Å². The predicted octanol–water partition coefficient (Wildman–Crippen LogP) is 6.11. The van der Waals surface area contributed by atoms with Gasteiger partial charge in [-0.25, -0.2) is 0 Å². The summed E-state index contributed by atoms with van der Waals surface area (Å²) in [6.45, 7) is 2.48. The molecule has 0 radical (unpaired) electrons. The van der Waals surface area contributed by atoms with Gasteiger partial charge in [-0.15, -0.1) is 0 Å². The zero-order valence-electron chi connectivity index (χ0n) is 13.2. The lowest BCUT2D eigenvalue weighted by Crippen LogP contribution is -2.11. The first kappa shape index (κ1) is 21.4. The largest absolute Gasteiger partial charge is 0.466 e. The summed E-state index contributed by atoms with van der Waals surface area (Å²) in [5, 5.41) is 0.248. The molecule has 24 heavy (non-hydrogen) atoms. The first-order valence-electron chi connectivity index (χ1n) is 7.56. The van der Waals surface area contributed by atoms with Gasteiger partial charge in [-0.3, -0.25) is 9.59 Å². The van der Waals surface area contributed by atoms with E-state index in [1.54, 1.807) is 0 Å². The molecule has 0 spiro atoms. The molecule has 1 aromatic carbocycles. The van der Waals surface area contributed by atoms with Crippen LogP contribution in [0.2, 0.25) is 20.1 Å². The third-order valence-electron chi connectivity index (χ3n) is 3.07. The minimum Gasteiger partial charge on any atom is -0.466 e. The van der Waals surface area contributed by atoms with Gasteiger partial charge in [-0.2, -0.15) is 0 Å². The fourth-order valence-corrected chi connectivity index (χ4v) is 2.61. The molecule has 0 saturated heterocycles. The van der Waals surface area contributed by atoms with E-state index >= 15 is 0 Å². The fourth-order valence-electron chi connectivity index (χ4n) is 1.79. The summed E-state index contributed by atoms with van der Waals surface area (Å²) in [4.78, 5) is 23.3. The van der Waals surface area contributed by atoms with E-state index in [1.807, 2.05) is 0 Å². The van der Waals surface area contributed by atoms with Crippen LogP contribution in [0.1, 0.15) is 45.4 Å². The number of rotatable bonds is 9. The number of unbranched alkanes of at least 4 members (excludes halogenated alkanes) is 2. The van der Waals surface area contributed by atoms with Crippen LogP contribution in [0, 0.1) is 0 Å². The van der Waals surface area contributed by atoms with Gasteiger partial charge in [0.2, 0.25) is 0 Å². The second-order valence-electron chi connectivity index (χ2n) is 5.05. The van der Waals surface area contributed by atoms with E-state index in [-0.39, 0.29) is 44.7 Å². The number of hydrogen-bond donors (Lipinski definition) is 0. The molecule has 0 aliphatic rings. The van der Waals surface area contributed by atoms with Gasteiger partial charge in [0.1, 0.15) is 5.02 Å². The van der Waals surface area contributed by atoms with Crippen LogP contribution < -0.4 is 4.74 Å². The molecule has 0 aliphatic carbocycles. The minimum absolute atomic E-state index is 0.00903. The average Bonchev–Trinajstić information content (AvgIpc) is 2.54. The molecule has 4 nitrogen and oxygen atoms in total. The molecule has 0 atom stereocenters. The lowest BCUT2D eigenvalue weighted by atomic mass is 10.2. The lowest BCUT2D eigenvalue weighted by Gasteiger charge is -2.09. The van der Waals surface area contributed by atoms with Crippen LogP contribution in [0.4, 0.5) is 0 Å². The Balaban J connectivity index is 2.38. The van der Waals surface area contributed by atoms with Crippen LogP contribution in [0.5, 0.6) is 5.75 Å². The Morgan fingerprint density at radius 3 is 2.25 bits per heavy atom. The Morgan fingerprint density at radius 2 is 1.58 bits per heavy atom. The van der Waals surface area contributed by atoms with Crippen molar-refractivity contribution in [3.63, 3.8) is 0 Å². The standard InChI is InChI=1S/C16H18Cl4O4/c1-2-3-4-8-23-12(21)6-5-7-13(22)24-11-9-10(17)14(18)16(20)15(11)19/h9H,2-8H2,1H3. The number of hydrogen-bond acceptors (Lipinski definition) is 4. The Labute approximate surface area is 161 Å². The van der Waals surface area contributed by atoms with E-state index in [1.165, 1.54) is 6.07 Å². The Bertz CT molecular complexity index is 590. The molecular formula is C16H18Cl4O4. The highest BCUT2D eigenvalue weighted by molar-refractivity contribution is 6.52. The zero-order valence-corrected chi connectivity index (χ0v) is 16.2. The SMILES string of the molecule is CCCCCOC(=O)CCCC(=O)Oc1cc(Cl)c(Cl)c(Cl)c1Cl. The predicted molar refractivity (Wildman–Crippen MR) is 96.5 cm³/mol. The quantitative estimate of drug-likeness (QED) is 0.160. The van der Waals surface area contributed by atoms with Gasteiger partial charge >= 0.3 is 11.9 Å². The van der Waals surface area contributed by atoms with E-state index in [0.717, 1.165) is 19.3 Å². The number of halogens is 4. The molecule has 0 N–H and O–H groups in total. The summed E-state index contributed by atoms with van der Waals surface area (Å²) < 4.78 is 10.2. The monoisotopic (exact) mass is 414 g/mol. The van der Waals surface area contributed by atoms with Gasteiger partial charge in [-0.1, -0.05) is 66.2 Å². The van der Waals surface area contributed by atoms with Crippen molar-refractivity contribution in [2.24, 2.45) is 0 Å². The van der Waals surface area contributed by atoms with Gasteiger partial charge in [0.05, 0.1) is 21.7 Å². The molecular weight excluding hydrogens is 398 g/mol. The molecule has 0 aromatic heterocycles. The van der Waals surface area contributed by atoms with Crippen molar-refractivity contribution < 1.29 is 19.1 Å². The molecule has 0 fully saturated rings. The topological polar surface area (TPSA) is 52.6 Å². The molecule has 0 amide bonds. The van der Waals surface area contributed by atoms with Crippen LogP contribution in [0.25, 0.3) is 0 Å². The summed E-state index contributed by atoms with van der Waals surface area (Å²) in [5.41, 5.74) is 0. The third-order valence-corrected chi connectivity index (χ3v) is 4.80. The number of benzene rings is 1. The Kier molecular flexibility index (Phi) is 9.82. The molecule has 0 bridgehead atoms. The van der Waals surface area contributed by atoms with Crippen LogP contribution in [0.3, 0.4) is 0 Å². The van der Waals surface area contributed by atoms with Gasteiger partial charge in [0.15, 0.2) is 5.75 Å². The first-order valence-corrected chi connectivity index (χ1v) is 9.07. The van der Waals surface area contributed by atoms with Crippen LogP contribution >= 0.6 is 46.4 Å². The van der Waals surface area contributed by atoms with Crippen molar-refractivity contribution in [3.05, 3.63) is 26.2 Å². The van der Waals surface area contributed by atoms with Crippen molar-refractivity contribution in [3.8, 4) is 5.75 Å².